The van der Waals surface area contributed by atoms with Crippen molar-refractivity contribution in [1.82, 2.24) is 10.2 Å². The van der Waals surface area contributed by atoms with E-state index in [0.717, 1.165) is 25.2 Å². The van der Waals surface area contributed by atoms with Crippen LogP contribution in [0, 0.1) is 5.92 Å². The van der Waals surface area contributed by atoms with Gasteiger partial charge >= 0.3 is 0 Å². The number of benzene rings is 2. The molecule has 0 saturated heterocycles. The lowest BCUT2D eigenvalue weighted by Gasteiger charge is -2.20. The van der Waals surface area contributed by atoms with Crippen LogP contribution in [0.25, 0.3) is 0 Å². The summed E-state index contributed by atoms with van der Waals surface area (Å²) in [7, 11) is 0. The topological polar surface area (TPSA) is 87.5 Å². The molecule has 4 N–H and O–H groups in total. The Morgan fingerprint density at radius 3 is 2.10 bits per heavy atom. The van der Waals surface area contributed by atoms with Crippen molar-refractivity contribution < 1.29 is 9.59 Å². The molecule has 2 rings (SSSR count). The number of rotatable bonds is 10. The largest absolute Gasteiger partial charge is 0.351 e. The van der Waals surface area contributed by atoms with Crippen molar-refractivity contribution in [2.24, 2.45) is 11.7 Å². The van der Waals surface area contributed by atoms with Crippen LogP contribution in [-0.4, -0.2) is 42.9 Å². The normalized spacial score (nSPS) is 12.2. The number of carbonyl (C=O) groups is 2. The van der Waals surface area contributed by atoms with E-state index in [-0.39, 0.29) is 48.6 Å². The van der Waals surface area contributed by atoms with Crippen LogP contribution < -0.4 is 16.4 Å². The molecule has 0 bridgehead atoms. The molecule has 0 heterocycles. The van der Waals surface area contributed by atoms with Crippen LogP contribution >= 0.6 is 24.8 Å². The van der Waals surface area contributed by atoms with E-state index in [0.29, 0.717) is 17.8 Å². The van der Waals surface area contributed by atoms with Crippen LogP contribution in [-0.2, 0) is 4.79 Å². The number of carbonyl (C=O) groups excluding carboxylic acids is 2. The number of nitrogens with one attached hydrogen (secondary N) is 2. The summed E-state index contributed by atoms with van der Waals surface area (Å²) in [4.78, 5) is 27.0. The molecule has 0 aliphatic rings. The van der Waals surface area contributed by atoms with E-state index in [2.05, 4.69) is 29.4 Å². The second-order valence-corrected chi connectivity index (χ2v) is 7.07. The van der Waals surface area contributed by atoms with Crippen LogP contribution in [0.1, 0.15) is 42.7 Å². The Morgan fingerprint density at radius 2 is 1.55 bits per heavy atom. The minimum Gasteiger partial charge on any atom is -0.351 e. The number of hydrogen-bond acceptors (Lipinski definition) is 4. The van der Waals surface area contributed by atoms with Gasteiger partial charge in [-0.1, -0.05) is 51.1 Å². The summed E-state index contributed by atoms with van der Waals surface area (Å²) in [5, 5.41) is 5.80. The molecule has 8 heteroatoms. The predicted molar refractivity (Wildman–Crippen MR) is 132 cm³/mol. The smallest absolute Gasteiger partial charge is 0.251 e. The maximum Gasteiger partial charge on any atom is 0.251 e. The van der Waals surface area contributed by atoms with Gasteiger partial charge in [0.25, 0.3) is 5.91 Å². The summed E-state index contributed by atoms with van der Waals surface area (Å²) in [6.45, 7) is 9.38. The number of anilines is 1. The molecule has 0 spiro atoms. The first-order chi connectivity index (χ1) is 14.0. The maximum absolute atomic E-state index is 12.5. The molecule has 0 saturated carbocycles. The third kappa shape index (κ3) is 8.87. The average molecular weight is 469 g/mol. The van der Waals surface area contributed by atoms with E-state index < -0.39 is 0 Å². The van der Waals surface area contributed by atoms with E-state index in [1.54, 1.807) is 24.3 Å². The lowest BCUT2D eigenvalue weighted by atomic mass is 9.94. The van der Waals surface area contributed by atoms with Gasteiger partial charge in [-0.3, -0.25) is 9.59 Å². The number of hydrogen-bond donors (Lipinski definition) is 3. The van der Waals surface area contributed by atoms with Gasteiger partial charge in [0.1, 0.15) is 0 Å². The summed E-state index contributed by atoms with van der Waals surface area (Å²) in [5.41, 5.74) is 8.36. The number of halogens is 2. The summed E-state index contributed by atoms with van der Waals surface area (Å²) < 4.78 is 0. The zero-order valence-electron chi connectivity index (χ0n) is 18.3. The summed E-state index contributed by atoms with van der Waals surface area (Å²) in [5.74, 6) is -0.660. The minimum atomic E-state index is -0.388. The van der Waals surface area contributed by atoms with Gasteiger partial charge in [-0.05, 0) is 42.9 Å². The highest BCUT2D eigenvalue weighted by molar-refractivity contribution is 5.96. The Hall–Kier alpha value is -2.12. The van der Waals surface area contributed by atoms with Gasteiger partial charge in [-0.15, -0.1) is 24.8 Å². The molecule has 2 aromatic carbocycles. The Kier molecular flexibility index (Phi) is 13.8. The standard InChI is InChI=1S/C23H32N4O2.2ClH/c1-4-27(5-2)16-15-25-23(29)19-11-13-20(14-12-19)26-22(28)17(3)21(24)18-9-7-6-8-10-18;;/h6-14,17,21H,4-5,15-16,24H2,1-3H3,(H,25,29)(H,26,28);2*1H. The van der Waals surface area contributed by atoms with Crippen molar-refractivity contribution >= 4 is 42.3 Å². The number of nitrogens with zero attached hydrogens (tertiary/aromatic N) is 1. The van der Waals surface area contributed by atoms with Crippen molar-refractivity contribution in [2.75, 3.05) is 31.5 Å². The first-order valence-electron chi connectivity index (χ1n) is 10.2. The summed E-state index contributed by atoms with van der Waals surface area (Å²) >= 11 is 0. The fraction of sp³-hybridized carbons (Fsp3) is 0.391. The first kappa shape index (κ1) is 28.9. The fourth-order valence-corrected chi connectivity index (χ4v) is 3.06. The van der Waals surface area contributed by atoms with Crippen molar-refractivity contribution in [1.29, 1.82) is 0 Å². The van der Waals surface area contributed by atoms with Gasteiger partial charge in [-0.2, -0.15) is 0 Å². The Morgan fingerprint density at radius 1 is 0.968 bits per heavy atom. The van der Waals surface area contributed by atoms with Crippen LogP contribution in [0.4, 0.5) is 5.69 Å². The van der Waals surface area contributed by atoms with Crippen LogP contribution in [0.2, 0.25) is 0 Å². The molecule has 2 aromatic rings. The number of nitrogens with two attached hydrogens (primary N) is 1. The lowest BCUT2D eigenvalue weighted by Crippen LogP contribution is -2.34. The molecule has 0 aromatic heterocycles. The minimum absolute atomic E-state index is 0. The zero-order chi connectivity index (χ0) is 21.2. The summed E-state index contributed by atoms with van der Waals surface area (Å²) in [6, 6.07) is 16.1. The molecule has 0 aliphatic heterocycles. The quantitative estimate of drug-likeness (QED) is 0.493. The maximum atomic E-state index is 12.5. The third-order valence-corrected chi connectivity index (χ3v) is 5.16. The molecule has 6 nitrogen and oxygen atoms in total. The molecule has 0 fully saturated rings. The van der Waals surface area contributed by atoms with Crippen molar-refractivity contribution in [2.45, 2.75) is 26.8 Å². The second kappa shape index (κ2) is 14.8. The Bertz CT molecular complexity index is 784. The molecule has 2 atom stereocenters. The first-order valence-corrected chi connectivity index (χ1v) is 10.2. The number of amides is 2. The molecule has 0 aliphatic carbocycles. The van der Waals surface area contributed by atoms with Gasteiger partial charge in [0.15, 0.2) is 0 Å². The number of likely N-dealkylation sites (N-methyl/N-ethyl adjacent to an activating group) is 1. The van der Waals surface area contributed by atoms with E-state index in [9.17, 15) is 9.59 Å². The Balaban J connectivity index is 0.00000450. The van der Waals surface area contributed by atoms with Crippen molar-refractivity contribution in [3.63, 3.8) is 0 Å². The van der Waals surface area contributed by atoms with E-state index in [1.807, 2.05) is 37.3 Å². The van der Waals surface area contributed by atoms with E-state index in [1.165, 1.54) is 0 Å². The SMILES string of the molecule is CCN(CC)CCNC(=O)c1ccc(NC(=O)C(C)C(N)c2ccccc2)cc1.Cl.Cl. The second-order valence-electron chi connectivity index (χ2n) is 7.07. The molecule has 31 heavy (non-hydrogen) atoms. The van der Waals surface area contributed by atoms with E-state index in [4.69, 9.17) is 5.73 Å². The van der Waals surface area contributed by atoms with Gasteiger partial charge in [0, 0.05) is 30.4 Å². The van der Waals surface area contributed by atoms with Gasteiger partial charge < -0.3 is 21.3 Å². The molecule has 172 valence electrons. The van der Waals surface area contributed by atoms with Crippen LogP contribution in [0.15, 0.2) is 54.6 Å². The highest BCUT2D eigenvalue weighted by atomic mass is 35.5. The third-order valence-electron chi connectivity index (χ3n) is 5.16. The zero-order valence-corrected chi connectivity index (χ0v) is 20.0. The lowest BCUT2D eigenvalue weighted by molar-refractivity contribution is -0.120. The molecular formula is C23H34Cl2N4O2. The average Bonchev–Trinajstić information content (AvgIpc) is 2.76. The highest BCUT2D eigenvalue weighted by Gasteiger charge is 2.22. The monoisotopic (exact) mass is 468 g/mol. The van der Waals surface area contributed by atoms with Crippen molar-refractivity contribution in [3.8, 4) is 0 Å². The predicted octanol–water partition coefficient (Wildman–Crippen LogP) is 3.88. The molecular weight excluding hydrogens is 435 g/mol. The van der Waals surface area contributed by atoms with E-state index >= 15 is 0 Å². The van der Waals surface area contributed by atoms with Gasteiger partial charge in [0.2, 0.25) is 5.91 Å². The summed E-state index contributed by atoms with van der Waals surface area (Å²) in [6.07, 6.45) is 0. The highest BCUT2D eigenvalue weighted by Crippen LogP contribution is 2.21. The Labute approximate surface area is 197 Å². The van der Waals surface area contributed by atoms with Crippen LogP contribution in [0.3, 0.4) is 0 Å². The van der Waals surface area contributed by atoms with Gasteiger partial charge in [0.05, 0.1) is 5.92 Å². The molecule has 2 unspecified atom stereocenters. The van der Waals surface area contributed by atoms with Crippen molar-refractivity contribution in [3.05, 3.63) is 65.7 Å². The fourth-order valence-electron chi connectivity index (χ4n) is 3.06. The molecule has 2 amide bonds. The van der Waals surface area contributed by atoms with Gasteiger partial charge in [-0.25, -0.2) is 0 Å². The molecule has 0 radical (unpaired) electrons. The van der Waals surface area contributed by atoms with Crippen LogP contribution in [0.5, 0.6) is 0 Å².